The lowest BCUT2D eigenvalue weighted by molar-refractivity contribution is 0.142. The van der Waals surface area contributed by atoms with E-state index in [-0.39, 0.29) is 12.6 Å². The van der Waals surface area contributed by atoms with Gasteiger partial charge in [0.1, 0.15) is 0 Å². The van der Waals surface area contributed by atoms with Gasteiger partial charge >= 0.3 is 0 Å². The number of nitrogens with zero attached hydrogens (tertiary/aromatic N) is 1. The molecule has 0 bridgehead atoms. The van der Waals surface area contributed by atoms with Gasteiger partial charge in [-0.25, -0.2) is 8.78 Å². The minimum Gasteiger partial charge on any atom is -0.305 e. The van der Waals surface area contributed by atoms with Crippen molar-refractivity contribution in [2.24, 2.45) is 0 Å². The van der Waals surface area contributed by atoms with Crippen LogP contribution < -0.4 is 5.32 Å². The molecule has 0 fully saturated rings. The molecule has 4 heteroatoms. The Labute approximate surface area is 76.0 Å². The molecule has 0 aliphatic rings. The number of aromatic nitrogens is 1. The van der Waals surface area contributed by atoms with E-state index in [4.69, 9.17) is 0 Å². The summed E-state index contributed by atoms with van der Waals surface area (Å²) in [6.45, 7) is 1.57. The van der Waals surface area contributed by atoms with E-state index < -0.39 is 6.43 Å². The van der Waals surface area contributed by atoms with Gasteiger partial charge in [-0.05, 0) is 24.6 Å². The summed E-state index contributed by atoms with van der Waals surface area (Å²) in [7, 11) is 0. The van der Waals surface area contributed by atoms with Crippen molar-refractivity contribution in [1.29, 1.82) is 0 Å². The van der Waals surface area contributed by atoms with Crippen LogP contribution in [0.15, 0.2) is 24.5 Å². The fourth-order valence-corrected chi connectivity index (χ4v) is 1.04. The molecule has 13 heavy (non-hydrogen) atoms. The molecule has 1 aromatic rings. The molecule has 72 valence electrons. The smallest absolute Gasteiger partial charge is 0.250 e. The number of nitrogens with one attached hydrogen (secondary N) is 1. The Morgan fingerprint density at radius 2 is 2.00 bits per heavy atom. The summed E-state index contributed by atoms with van der Waals surface area (Å²) in [4.78, 5) is 3.85. The van der Waals surface area contributed by atoms with Gasteiger partial charge in [0.2, 0.25) is 0 Å². The minimum absolute atomic E-state index is 0.0583. The summed E-state index contributed by atoms with van der Waals surface area (Å²) >= 11 is 0. The van der Waals surface area contributed by atoms with Crippen molar-refractivity contribution in [3.05, 3.63) is 30.1 Å². The topological polar surface area (TPSA) is 24.9 Å². The van der Waals surface area contributed by atoms with Crippen LogP contribution in [-0.4, -0.2) is 18.0 Å². The van der Waals surface area contributed by atoms with E-state index in [9.17, 15) is 8.78 Å². The van der Waals surface area contributed by atoms with Crippen LogP contribution in [0, 0.1) is 0 Å². The van der Waals surface area contributed by atoms with E-state index in [0.717, 1.165) is 5.56 Å². The van der Waals surface area contributed by atoms with Gasteiger partial charge in [0, 0.05) is 18.4 Å². The van der Waals surface area contributed by atoms with E-state index >= 15 is 0 Å². The zero-order chi connectivity index (χ0) is 9.68. The summed E-state index contributed by atoms with van der Waals surface area (Å²) in [5, 5.41) is 2.72. The Balaban J connectivity index is 2.44. The molecule has 1 aromatic heterocycles. The van der Waals surface area contributed by atoms with E-state index in [1.165, 1.54) is 0 Å². The number of rotatable bonds is 4. The zero-order valence-corrected chi connectivity index (χ0v) is 7.37. The van der Waals surface area contributed by atoms with Gasteiger partial charge in [-0.3, -0.25) is 4.98 Å². The highest BCUT2D eigenvalue weighted by Gasteiger charge is 2.07. The van der Waals surface area contributed by atoms with Crippen molar-refractivity contribution in [3.8, 4) is 0 Å². The molecule has 0 unspecified atom stereocenters. The molecular formula is C9H12F2N2. The predicted molar refractivity (Wildman–Crippen MR) is 46.7 cm³/mol. The Kier molecular flexibility index (Phi) is 3.76. The van der Waals surface area contributed by atoms with Crippen LogP contribution >= 0.6 is 0 Å². The van der Waals surface area contributed by atoms with Crippen LogP contribution in [0.3, 0.4) is 0 Å². The molecular weight excluding hydrogens is 174 g/mol. The molecule has 1 rings (SSSR count). The van der Waals surface area contributed by atoms with Crippen LogP contribution in [0.25, 0.3) is 0 Å². The normalized spacial score (nSPS) is 13.2. The molecule has 1 heterocycles. The highest BCUT2D eigenvalue weighted by atomic mass is 19.3. The van der Waals surface area contributed by atoms with Crippen molar-refractivity contribution in [2.75, 3.05) is 6.54 Å². The minimum atomic E-state index is -2.30. The molecule has 2 nitrogen and oxygen atoms in total. The molecule has 0 saturated heterocycles. The molecule has 1 N–H and O–H groups in total. The van der Waals surface area contributed by atoms with Crippen LogP contribution in [0.2, 0.25) is 0 Å². The number of hydrogen-bond donors (Lipinski definition) is 1. The first-order valence-electron chi connectivity index (χ1n) is 4.11. The van der Waals surface area contributed by atoms with Gasteiger partial charge in [0.25, 0.3) is 6.43 Å². The molecule has 0 aliphatic carbocycles. The highest BCUT2D eigenvalue weighted by molar-refractivity contribution is 5.13. The second-order valence-corrected chi connectivity index (χ2v) is 2.80. The molecule has 1 atom stereocenters. The van der Waals surface area contributed by atoms with Gasteiger partial charge in [0.05, 0.1) is 6.54 Å². The number of pyridine rings is 1. The first kappa shape index (κ1) is 10.1. The van der Waals surface area contributed by atoms with Crippen LogP contribution in [0.5, 0.6) is 0 Å². The molecule has 0 aromatic carbocycles. The van der Waals surface area contributed by atoms with E-state index in [2.05, 4.69) is 10.3 Å². The number of halogens is 2. The lowest BCUT2D eigenvalue weighted by atomic mass is 10.1. The largest absolute Gasteiger partial charge is 0.305 e. The fraction of sp³-hybridized carbons (Fsp3) is 0.444. The standard InChI is InChI=1S/C9H12F2N2/c1-7(13-6-9(10)11)8-2-4-12-5-3-8/h2-5,7,9,13H,6H2,1H3/t7-/m1/s1. The maximum Gasteiger partial charge on any atom is 0.250 e. The second-order valence-electron chi connectivity index (χ2n) is 2.80. The third-order valence-electron chi connectivity index (χ3n) is 1.78. The Morgan fingerprint density at radius 1 is 1.38 bits per heavy atom. The summed E-state index contributed by atoms with van der Waals surface area (Å²) < 4.78 is 23.7. The van der Waals surface area contributed by atoms with E-state index in [0.29, 0.717) is 0 Å². The van der Waals surface area contributed by atoms with Crippen molar-refractivity contribution in [3.63, 3.8) is 0 Å². The lowest BCUT2D eigenvalue weighted by Crippen LogP contribution is -2.24. The van der Waals surface area contributed by atoms with Gasteiger partial charge in [-0.15, -0.1) is 0 Å². The summed E-state index contributed by atoms with van der Waals surface area (Å²) in [5.74, 6) is 0. The molecule has 0 saturated carbocycles. The molecule has 0 amide bonds. The van der Waals surface area contributed by atoms with Gasteiger partial charge in [-0.2, -0.15) is 0 Å². The first-order chi connectivity index (χ1) is 6.20. The number of hydrogen-bond acceptors (Lipinski definition) is 2. The van der Waals surface area contributed by atoms with Crippen LogP contribution in [-0.2, 0) is 0 Å². The predicted octanol–water partition coefficient (Wildman–Crippen LogP) is 2.00. The summed E-state index contributed by atoms with van der Waals surface area (Å²) in [5.41, 5.74) is 0.968. The molecule has 0 radical (unpaired) electrons. The first-order valence-corrected chi connectivity index (χ1v) is 4.11. The fourth-order valence-electron chi connectivity index (χ4n) is 1.04. The average Bonchev–Trinajstić information content (AvgIpc) is 2.15. The monoisotopic (exact) mass is 186 g/mol. The third-order valence-corrected chi connectivity index (χ3v) is 1.78. The highest BCUT2D eigenvalue weighted by Crippen LogP contribution is 2.09. The Morgan fingerprint density at radius 3 is 2.54 bits per heavy atom. The van der Waals surface area contributed by atoms with Crippen molar-refractivity contribution < 1.29 is 8.78 Å². The second kappa shape index (κ2) is 4.87. The van der Waals surface area contributed by atoms with Gasteiger partial charge in [0.15, 0.2) is 0 Å². The van der Waals surface area contributed by atoms with Crippen molar-refractivity contribution >= 4 is 0 Å². The Bertz CT molecular complexity index is 239. The molecule has 0 aliphatic heterocycles. The Hall–Kier alpha value is -1.03. The van der Waals surface area contributed by atoms with Crippen molar-refractivity contribution in [1.82, 2.24) is 10.3 Å². The maximum atomic E-state index is 11.8. The van der Waals surface area contributed by atoms with Gasteiger partial charge in [-0.1, -0.05) is 0 Å². The quantitative estimate of drug-likeness (QED) is 0.777. The van der Waals surface area contributed by atoms with Crippen LogP contribution in [0.1, 0.15) is 18.5 Å². The van der Waals surface area contributed by atoms with E-state index in [1.54, 1.807) is 12.4 Å². The maximum absolute atomic E-state index is 11.8. The van der Waals surface area contributed by atoms with Gasteiger partial charge < -0.3 is 5.32 Å². The molecule has 0 spiro atoms. The lowest BCUT2D eigenvalue weighted by Gasteiger charge is -2.12. The van der Waals surface area contributed by atoms with Crippen LogP contribution in [0.4, 0.5) is 8.78 Å². The third kappa shape index (κ3) is 3.46. The number of alkyl halides is 2. The summed E-state index contributed by atoms with van der Waals surface area (Å²) in [6, 6.07) is 3.56. The van der Waals surface area contributed by atoms with Crippen molar-refractivity contribution in [2.45, 2.75) is 19.4 Å². The van der Waals surface area contributed by atoms with E-state index in [1.807, 2.05) is 19.1 Å². The average molecular weight is 186 g/mol. The SMILES string of the molecule is C[C@@H](NCC(F)F)c1ccncc1. The summed E-state index contributed by atoms with van der Waals surface area (Å²) in [6.07, 6.45) is 0.996. The zero-order valence-electron chi connectivity index (χ0n) is 7.37.